The fourth-order valence-electron chi connectivity index (χ4n) is 4.34. The molecule has 33 heavy (non-hydrogen) atoms. The van der Waals surface area contributed by atoms with E-state index >= 15 is 0 Å². The summed E-state index contributed by atoms with van der Waals surface area (Å²) in [7, 11) is -3.51. The lowest BCUT2D eigenvalue weighted by atomic mass is 10.0. The SMILES string of the molecule is C[C@@H]1COCC2COc3c(nc(-c4ccc5cc(N)ncc5c4)nc3C(C)(C)S(C)(=O)=O)N21. The Labute approximate surface area is 192 Å². The van der Waals surface area contributed by atoms with E-state index in [4.69, 9.17) is 25.2 Å². The maximum absolute atomic E-state index is 12.8. The lowest BCUT2D eigenvalue weighted by Gasteiger charge is -2.45. The Balaban J connectivity index is 1.75. The van der Waals surface area contributed by atoms with Crippen LogP contribution in [-0.4, -0.2) is 61.5 Å². The van der Waals surface area contributed by atoms with Gasteiger partial charge in [-0.05, 0) is 38.3 Å². The van der Waals surface area contributed by atoms with Gasteiger partial charge >= 0.3 is 0 Å². The minimum Gasteiger partial charge on any atom is -0.486 e. The Morgan fingerprint density at radius 1 is 1.12 bits per heavy atom. The predicted octanol–water partition coefficient (Wildman–Crippen LogP) is 2.54. The molecule has 2 aromatic heterocycles. The number of nitrogens with two attached hydrogens (primary N) is 1. The van der Waals surface area contributed by atoms with E-state index in [9.17, 15) is 8.42 Å². The number of morpholine rings is 1. The molecule has 1 fully saturated rings. The summed E-state index contributed by atoms with van der Waals surface area (Å²) in [6, 6.07) is 7.65. The summed E-state index contributed by atoms with van der Waals surface area (Å²) in [5, 5.41) is 1.84. The molecule has 0 radical (unpaired) electrons. The number of nitrogen functional groups attached to an aromatic ring is 1. The van der Waals surface area contributed by atoms with Crippen molar-refractivity contribution >= 4 is 32.2 Å². The van der Waals surface area contributed by atoms with Crippen molar-refractivity contribution in [3.05, 3.63) is 36.2 Å². The Kier molecular flexibility index (Phi) is 4.98. The Morgan fingerprint density at radius 2 is 1.91 bits per heavy atom. The van der Waals surface area contributed by atoms with E-state index < -0.39 is 14.6 Å². The van der Waals surface area contributed by atoms with E-state index in [0.717, 1.165) is 16.3 Å². The number of anilines is 2. The van der Waals surface area contributed by atoms with Crippen molar-refractivity contribution in [1.82, 2.24) is 15.0 Å². The van der Waals surface area contributed by atoms with Gasteiger partial charge in [-0.3, -0.25) is 0 Å². The molecule has 1 saturated heterocycles. The smallest absolute Gasteiger partial charge is 0.185 e. The van der Waals surface area contributed by atoms with Crippen molar-refractivity contribution in [2.45, 2.75) is 37.6 Å². The standard InChI is InChI=1S/C23H27N5O4S/c1-13-10-31-11-17-12-32-19-20(23(2,3)33(4,29)30)26-21(27-22(19)28(13)17)15-6-5-14-8-18(24)25-9-16(14)7-15/h5-9,13,17H,10-12H2,1-4H3,(H2,24,25)/t13-,17?/m1/s1. The molecular formula is C23H27N5O4S. The van der Waals surface area contributed by atoms with Crippen LogP contribution in [0.15, 0.2) is 30.5 Å². The fourth-order valence-corrected chi connectivity index (χ4v) is 4.83. The van der Waals surface area contributed by atoms with Gasteiger partial charge in [-0.1, -0.05) is 12.1 Å². The Bertz CT molecular complexity index is 1360. The van der Waals surface area contributed by atoms with Crippen LogP contribution < -0.4 is 15.4 Å². The average molecular weight is 470 g/mol. The van der Waals surface area contributed by atoms with Crippen LogP contribution >= 0.6 is 0 Å². The van der Waals surface area contributed by atoms with Gasteiger partial charge in [-0.2, -0.15) is 0 Å². The van der Waals surface area contributed by atoms with E-state index in [1.807, 2.05) is 18.2 Å². The molecule has 0 amide bonds. The molecule has 2 aliphatic rings. The van der Waals surface area contributed by atoms with Gasteiger partial charge < -0.3 is 20.1 Å². The molecule has 0 bridgehead atoms. The molecule has 5 rings (SSSR count). The maximum atomic E-state index is 12.8. The summed E-state index contributed by atoms with van der Waals surface area (Å²) in [5.41, 5.74) is 6.92. The highest BCUT2D eigenvalue weighted by Gasteiger charge is 2.43. The van der Waals surface area contributed by atoms with Gasteiger partial charge in [0.1, 0.15) is 22.9 Å². The predicted molar refractivity (Wildman–Crippen MR) is 127 cm³/mol. The highest BCUT2D eigenvalue weighted by atomic mass is 32.2. The van der Waals surface area contributed by atoms with Crippen LogP contribution in [0.25, 0.3) is 22.2 Å². The number of hydrogen-bond donors (Lipinski definition) is 1. The summed E-state index contributed by atoms with van der Waals surface area (Å²) in [6.45, 7) is 6.84. The first-order chi connectivity index (χ1) is 15.6. The minimum absolute atomic E-state index is 0.00183. The fraction of sp³-hybridized carbons (Fsp3) is 0.435. The summed E-state index contributed by atoms with van der Waals surface area (Å²) in [6.07, 6.45) is 2.92. The van der Waals surface area contributed by atoms with Gasteiger partial charge in [0.25, 0.3) is 0 Å². The van der Waals surface area contributed by atoms with Gasteiger partial charge in [0.05, 0.1) is 25.3 Å². The van der Waals surface area contributed by atoms with Crippen LogP contribution in [0, 0.1) is 0 Å². The van der Waals surface area contributed by atoms with Crippen molar-refractivity contribution < 1.29 is 17.9 Å². The molecule has 2 N–H and O–H groups in total. The molecule has 174 valence electrons. The molecule has 0 saturated carbocycles. The van der Waals surface area contributed by atoms with E-state index in [2.05, 4.69) is 16.8 Å². The molecule has 10 heteroatoms. The first kappa shape index (κ1) is 21.8. The average Bonchev–Trinajstić information content (AvgIpc) is 2.77. The number of nitrogens with zero attached hydrogens (tertiary/aromatic N) is 4. The minimum atomic E-state index is -3.51. The van der Waals surface area contributed by atoms with Crippen molar-refractivity contribution in [2.24, 2.45) is 0 Å². The first-order valence-corrected chi connectivity index (χ1v) is 12.7. The molecule has 1 unspecified atom stereocenters. The summed E-state index contributed by atoms with van der Waals surface area (Å²) >= 11 is 0. The second-order valence-corrected chi connectivity index (χ2v) is 11.8. The zero-order valence-electron chi connectivity index (χ0n) is 19.1. The van der Waals surface area contributed by atoms with Gasteiger partial charge in [-0.15, -0.1) is 0 Å². The highest BCUT2D eigenvalue weighted by molar-refractivity contribution is 7.91. The zero-order valence-corrected chi connectivity index (χ0v) is 19.9. The second-order valence-electron chi connectivity index (χ2n) is 9.26. The molecule has 4 heterocycles. The maximum Gasteiger partial charge on any atom is 0.185 e. The van der Waals surface area contributed by atoms with Gasteiger partial charge in [0.15, 0.2) is 27.2 Å². The summed E-state index contributed by atoms with van der Waals surface area (Å²) in [4.78, 5) is 16.0. The molecule has 9 nitrogen and oxygen atoms in total. The number of fused-ring (bicyclic) bond motifs is 4. The van der Waals surface area contributed by atoms with Crippen LogP contribution in [-0.2, 0) is 19.3 Å². The first-order valence-electron chi connectivity index (χ1n) is 10.8. The number of ether oxygens (including phenoxy) is 2. The quantitative estimate of drug-likeness (QED) is 0.617. The van der Waals surface area contributed by atoms with Gasteiger partial charge in [0.2, 0.25) is 0 Å². The highest BCUT2D eigenvalue weighted by Crippen LogP contribution is 2.44. The monoisotopic (exact) mass is 469 g/mol. The third kappa shape index (κ3) is 3.57. The normalized spacial score (nSPS) is 20.8. The Hall–Kier alpha value is -2.98. The number of hydrogen-bond acceptors (Lipinski definition) is 9. The molecule has 0 spiro atoms. The molecule has 1 aromatic carbocycles. The molecule has 2 atom stereocenters. The summed E-state index contributed by atoms with van der Waals surface area (Å²) < 4.78 is 36.1. The van der Waals surface area contributed by atoms with Crippen molar-refractivity contribution in [3.63, 3.8) is 0 Å². The van der Waals surface area contributed by atoms with Crippen molar-refractivity contribution in [3.8, 4) is 17.1 Å². The largest absolute Gasteiger partial charge is 0.486 e. The third-order valence-corrected chi connectivity index (χ3v) is 8.60. The lowest BCUT2D eigenvalue weighted by Crippen LogP contribution is -2.56. The molecule has 0 aliphatic carbocycles. The molecule has 2 aliphatic heterocycles. The van der Waals surface area contributed by atoms with E-state index in [1.165, 1.54) is 6.26 Å². The van der Waals surface area contributed by atoms with Crippen LogP contribution in [0.4, 0.5) is 11.6 Å². The number of benzene rings is 1. The van der Waals surface area contributed by atoms with Crippen LogP contribution in [0.3, 0.4) is 0 Å². The zero-order chi connectivity index (χ0) is 23.5. The topological polar surface area (TPSA) is 121 Å². The number of pyridine rings is 1. The van der Waals surface area contributed by atoms with Crippen LogP contribution in [0.1, 0.15) is 26.5 Å². The van der Waals surface area contributed by atoms with Crippen molar-refractivity contribution in [2.75, 3.05) is 36.7 Å². The molecular weight excluding hydrogens is 442 g/mol. The molecule has 3 aromatic rings. The second kappa shape index (κ2) is 7.53. The van der Waals surface area contributed by atoms with E-state index in [-0.39, 0.29) is 12.1 Å². The van der Waals surface area contributed by atoms with Gasteiger partial charge in [-0.25, -0.2) is 23.4 Å². The lowest BCUT2D eigenvalue weighted by molar-refractivity contribution is 0.0482. The third-order valence-electron chi connectivity index (χ3n) is 6.55. The van der Waals surface area contributed by atoms with Crippen LogP contribution in [0.5, 0.6) is 5.75 Å². The Morgan fingerprint density at radius 3 is 2.67 bits per heavy atom. The van der Waals surface area contributed by atoms with E-state index in [0.29, 0.717) is 48.7 Å². The number of aromatic nitrogens is 3. The van der Waals surface area contributed by atoms with E-state index in [1.54, 1.807) is 26.1 Å². The van der Waals surface area contributed by atoms with Gasteiger partial charge in [0, 0.05) is 23.4 Å². The summed E-state index contributed by atoms with van der Waals surface area (Å²) in [5.74, 6) is 1.91. The number of rotatable bonds is 3. The van der Waals surface area contributed by atoms with Crippen LogP contribution in [0.2, 0.25) is 0 Å². The number of sulfone groups is 1. The van der Waals surface area contributed by atoms with Crippen molar-refractivity contribution in [1.29, 1.82) is 0 Å².